The zero-order chi connectivity index (χ0) is 12.9. The number of carbonyl (C=O) groups is 2. The molecule has 4 heteroatoms. The van der Waals surface area contributed by atoms with Gasteiger partial charge in [0.25, 0.3) is 0 Å². The van der Waals surface area contributed by atoms with Gasteiger partial charge in [0.15, 0.2) is 0 Å². The molecule has 0 spiro atoms. The van der Waals surface area contributed by atoms with Gasteiger partial charge in [-0.05, 0) is 6.42 Å². The van der Waals surface area contributed by atoms with Crippen LogP contribution in [0.4, 0.5) is 0 Å². The maximum atomic E-state index is 11.3. The van der Waals surface area contributed by atoms with Crippen LogP contribution >= 0.6 is 0 Å². The molecule has 100 valence electrons. The molecule has 0 bridgehead atoms. The second-order valence-electron chi connectivity index (χ2n) is 4.44. The molecule has 0 atom stereocenters. The number of hydrogen-bond acceptors (Lipinski definition) is 2. The maximum Gasteiger partial charge on any atom is 0.220 e. The molecular formula is C13H26N2O2. The second-order valence-corrected chi connectivity index (χ2v) is 4.44. The Labute approximate surface area is 104 Å². The average molecular weight is 242 g/mol. The van der Waals surface area contributed by atoms with Gasteiger partial charge in [0, 0.05) is 19.4 Å². The Balaban J connectivity index is 3.19. The Morgan fingerprint density at radius 3 is 2.12 bits per heavy atom. The lowest BCUT2D eigenvalue weighted by Gasteiger charge is -2.03. The fraction of sp³-hybridized carbons (Fsp3) is 0.846. The molecule has 0 fully saturated rings. The van der Waals surface area contributed by atoms with Gasteiger partial charge in [-0.2, -0.15) is 0 Å². The number of amides is 2. The molecule has 0 unspecified atom stereocenters. The summed E-state index contributed by atoms with van der Waals surface area (Å²) in [6.45, 7) is 2.57. The molecule has 0 aliphatic heterocycles. The van der Waals surface area contributed by atoms with Crippen molar-refractivity contribution in [1.82, 2.24) is 5.32 Å². The minimum atomic E-state index is -0.374. The quantitative estimate of drug-likeness (QED) is 0.545. The lowest BCUT2D eigenvalue weighted by atomic mass is 10.1. The molecule has 0 radical (unpaired) electrons. The van der Waals surface area contributed by atoms with Gasteiger partial charge >= 0.3 is 0 Å². The highest BCUT2D eigenvalue weighted by Gasteiger charge is 2.01. The normalized spacial score (nSPS) is 10.2. The molecule has 4 nitrogen and oxygen atoms in total. The van der Waals surface area contributed by atoms with Gasteiger partial charge in [-0.25, -0.2) is 0 Å². The van der Waals surface area contributed by atoms with Crippen LogP contribution < -0.4 is 11.1 Å². The third-order valence-corrected chi connectivity index (χ3v) is 2.70. The topological polar surface area (TPSA) is 72.2 Å². The predicted molar refractivity (Wildman–Crippen MR) is 69.4 cm³/mol. The smallest absolute Gasteiger partial charge is 0.220 e. The molecule has 0 aromatic heterocycles. The van der Waals surface area contributed by atoms with Gasteiger partial charge in [0.2, 0.25) is 11.8 Å². The van der Waals surface area contributed by atoms with Crippen molar-refractivity contribution in [2.45, 2.75) is 64.7 Å². The van der Waals surface area contributed by atoms with E-state index in [1.165, 1.54) is 32.1 Å². The number of unbranched alkanes of at least 4 members (excludes halogenated alkanes) is 6. The van der Waals surface area contributed by atoms with Gasteiger partial charge < -0.3 is 11.1 Å². The SMILES string of the molecule is CCCCCCCCCC(=O)NCCC(N)=O. The Hall–Kier alpha value is -1.06. The van der Waals surface area contributed by atoms with E-state index >= 15 is 0 Å². The number of nitrogens with two attached hydrogens (primary N) is 1. The van der Waals surface area contributed by atoms with Gasteiger partial charge in [-0.1, -0.05) is 45.4 Å². The molecule has 2 amide bonds. The van der Waals surface area contributed by atoms with Crippen LogP contribution in [0, 0.1) is 0 Å². The first-order valence-electron chi connectivity index (χ1n) is 6.71. The van der Waals surface area contributed by atoms with Crippen molar-refractivity contribution in [2.24, 2.45) is 5.73 Å². The zero-order valence-electron chi connectivity index (χ0n) is 11.0. The van der Waals surface area contributed by atoms with Crippen molar-refractivity contribution >= 4 is 11.8 Å². The highest BCUT2D eigenvalue weighted by Crippen LogP contribution is 2.08. The van der Waals surface area contributed by atoms with Crippen molar-refractivity contribution in [2.75, 3.05) is 6.54 Å². The third kappa shape index (κ3) is 12.9. The van der Waals surface area contributed by atoms with Crippen molar-refractivity contribution in [3.63, 3.8) is 0 Å². The fourth-order valence-corrected chi connectivity index (χ4v) is 1.66. The summed E-state index contributed by atoms with van der Waals surface area (Å²) in [6, 6.07) is 0. The van der Waals surface area contributed by atoms with Crippen LogP contribution in [0.25, 0.3) is 0 Å². The van der Waals surface area contributed by atoms with Crippen molar-refractivity contribution in [3.8, 4) is 0 Å². The van der Waals surface area contributed by atoms with E-state index in [0.717, 1.165) is 12.8 Å². The molecule has 0 saturated heterocycles. The first-order chi connectivity index (χ1) is 8.16. The van der Waals surface area contributed by atoms with Crippen LogP contribution in [0.15, 0.2) is 0 Å². The molecule has 0 rings (SSSR count). The van der Waals surface area contributed by atoms with Gasteiger partial charge in [-0.15, -0.1) is 0 Å². The summed E-state index contributed by atoms with van der Waals surface area (Å²) in [7, 11) is 0. The Bertz CT molecular complexity index is 217. The largest absolute Gasteiger partial charge is 0.370 e. The predicted octanol–water partition coefficient (Wildman–Crippen LogP) is 2.12. The standard InChI is InChI=1S/C13H26N2O2/c1-2-3-4-5-6-7-8-9-13(17)15-11-10-12(14)16/h2-11H2,1H3,(H2,14,16)(H,15,17). The van der Waals surface area contributed by atoms with Crippen molar-refractivity contribution in [1.29, 1.82) is 0 Å². The molecule has 17 heavy (non-hydrogen) atoms. The van der Waals surface area contributed by atoms with Crippen LogP contribution in [0.5, 0.6) is 0 Å². The third-order valence-electron chi connectivity index (χ3n) is 2.70. The average Bonchev–Trinajstić information content (AvgIpc) is 2.27. The molecule has 0 saturated carbocycles. The summed E-state index contributed by atoms with van der Waals surface area (Å²) in [5.41, 5.74) is 4.97. The summed E-state index contributed by atoms with van der Waals surface area (Å²) in [5, 5.41) is 2.69. The minimum Gasteiger partial charge on any atom is -0.370 e. The van der Waals surface area contributed by atoms with Gasteiger partial charge in [0.1, 0.15) is 0 Å². The van der Waals surface area contributed by atoms with E-state index in [4.69, 9.17) is 5.73 Å². The Morgan fingerprint density at radius 1 is 0.941 bits per heavy atom. The second kappa shape index (κ2) is 11.4. The minimum absolute atomic E-state index is 0.0276. The first-order valence-corrected chi connectivity index (χ1v) is 6.71. The molecule has 0 aromatic rings. The van der Waals surface area contributed by atoms with Crippen LogP contribution in [0.1, 0.15) is 64.7 Å². The number of primary amides is 1. The molecule has 3 N–H and O–H groups in total. The highest BCUT2D eigenvalue weighted by atomic mass is 16.2. The summed E-state index contributed by atoms with van der Waals surface area (Å²) in [5.74, 6) is -0.346. The number of nitrogens with one attached hydrogen (secondary N) is 1. The lowest BCUT2D eigenvalue weighted by Crippen LogP contribution is -2.27. The van der Waals surface area contributed by atoms with Crippen LogP contribution in [0.2, 0.25) is 0 Å². The van der Waals surface area contributed by atoms with E-state index in [0.29, 0.717) is 13.0 Å². The van der Waals surface area contributed by atoms with Crippen molar-refractivity contribution < 1.29 is 9.59 Å². The van der Waals surface area contributed by atoms with E-state index in [1.54, 1.807) is 0 Å². The molecule has 0 aliphatic rings. The molecule has 0 aromatic carbocycles. The van der Waals surface area contributed by atoms with Gasteiger partial charge in [-0.3, -0.25) is 9.59 Å². The fourth-order valence-electron chi connectivity index (χ4n) is 1.66. The summed E-state index contributed by atoms with van der Waals surface area (Å²) < 4.78 is 0. The first kappa shape index (κ1) is 15.9. The lowest BCUT2D eigenvalue weighted by molar-refractivity contribution is -0.121. The van der Waals surface area contributed by atoms with Crippen LogP contribution in [-0.2, 0) is 9.59 Å². The number of hydrogen-bond donors (Lipinski definition) is 2. The van der Waals surface area contributed by atoms with Crippen molar-refractivity contribution in [3.05, 3.63) is 0 Å². The molecule has 0 heterocycles. The van der Waals surface area contributed by atoms with Crippen LogP contribution in [-0.4, -0.2) is 18.4 Å². The highest BCUT2D eigenvalue weighted by molar-refractivity contribution is 5.77. The van der Waals surface area contributed by atoms with E-state index in [2.05, 4.69) is 12.2 Å². The molecular weight excluding hydrogens is 216 g/mol. The van der Waals surface area contributed by atoms with Crippen LogP contribution in [0.3, 0.4) is 0 Å². The van der Waals surface area contributed by atoms with E-state index in [-0.39, 0.29) is 18.2 Å². The summed E-state index contributed by atoms with van der Waals surface area (Å²) in [4.78, 5) is 21.7. The number of rotatable bonds is 11. The van der Waals surface area contributed by atoms with E-state index < -0.39 is 0 Å². The summed E-state index contributed by atoms with van der Waals surface area (Å²) in [6.07, 6.45) is 9.22. The van der Waals surface area contributed by atoms with Gasteiger partial charge in [0.05, 0.1) is 0 Å². The van der Waals surface area contributed by atoms with E-state index in [9.17, 15) is 9.59 Å². The monoisotopic (exact) mass is 242 g/mol. The summed E-state index contributed by atoms with van der Waals surface area (Å²) >= 11 is 0. The van der Waals surface area contributed by atoms with E-state index in [1.807, 2.05) is 0 Å². The Morgan fingerprint density at radius 2 is 1.53 bits per heavy atom. The Kier molecular flexibility index (Phi) is 10.7. The number of carbonyl (C=O) groups excluding carboxylic acids is 2. The maximum absolute atomic E-state index is 11.3. The zero-order valence-corrected chi connectivity index (χ0v) is 11.0. The molecule has 0 aliphatic carbocycles.